The van der Waals surface area contributed by atoms with Crippen molar-refractivity contribution >= 4 is 23.2 Å². The number of carbonyl (C=O) groups excluding carboxylic acids is 1. The molecule has 2 N–H and O–H groups in total. The van der Waals surface area contributed by atoms with Gasteiger partial charge in [-0.05, 0) is 42.5 Å². The summed E-state index contributed by atoms with van der Waals surface area (Å²) in [5.41, 5.74) is 5.25. The first kappa shape index (κ1) is 16.7. The molecule has 0 spiro atoms. The monoisotopic (exact) mass is 360 g/mol. The van der Waals surface area contributed by atoms with Gasteiger partial charge >= 0.3 is 0 Å². The van der Waals surface area contributed by atoms with Crippen LogP contribution in [0.3, 0.4) is 0 Å². The molecule has 3 aromatic heterocycles. The molecule has 8 heteroatoms. The average molecular weight is 360 g/mol. The smallest absolute Gasteiger partial charge is 0.274 e. The predicted molar refractivity (Wildman–Crippen MR) is 100.0 cm³/mol. The van der Waals surface area contributed by atoms with Crippen LogP contribution >= 0.6 is 0 Å². The first-order chi connectivity index (χ1) is 13.2. The van der Waals surface area contributed by atoms with Gasteiger partial charge in [-0.15, -0.1) is 0 Å². The second-order valence-electron chi connectivity index (χ2n) is 5.86. The fourth-order valence-corrected chi connectivity index (χ4v) is 2.79. The number of amides is 1. The lowest BCUT2D eigenvalue weighted by atomic mass is 10.2. The summed E-state index contributed by atoms with van der Waals surface area (Å²) in [6.07, 6.45) is 5.42. The first-order valence-corrected chi connectivity index (χ1v) is 8.21. The molecule has 8 nitrogen and oxygen atoms in total. The van der Waals surface area contributed by atoms with E-state index >= 15 is 0 Å². The lowest BCUT2D eigenvalue weighted by Gasteiger charge is -2.17. The normalized spacial score (nSPS) is 10.7. The zero-order valence-corrected chi connectivity index (χ0v) is 14.4. The molecule has 0 aliphatic carbocycles. The van der Waals surface area contributed by atoms with E-state index in [1.165, 1.54) is 0 Å². The van der Waals surface area contributed by atoms with Gasteiger partial charge in [-0.2, -0.15) is 0 Å². The summed E-state index contributed by atoms with van der Waals surface area (Å²) in [7, 11) is 1.84. The molecule has 0 saturated heterocycles. The van der Waals surface area contributed by atoms with Gasteiger partial charge in [0, 0.05) is 30.7 Å². The second kappa shape index (κ2) is 6.85. The van der Waals surface area contributed by atoms with Crippen LogP contribution in [0.15, 0.2) is 67.1 Å². The Kier molecular flexibility index (Phi) is 4.23. The summed E-state index contributed by atoms with van der Waals surface area (Å²) in [5.74, 6) is -0.0483. The van der Waals surface area contributed by atoms with Gasteiger partial charge in [-0.25, -0.2) is 20.4 Å². The first-order valence-electron chi connectivity index (χ1n) is 8.21. The third-order valence-electron chi connectivity index (χ3n) is 4.24. The maximum Gasteiger partial charge on any atom is 0.274 e. The van der Waals surface area contributed by atoms with Gasteiger partial charge in [-0.3, -0.25) is 14.4 Å². The minimum Gasteiger partial charge on any atom is -0.314 e. The fraction of sp³-hybridized carbons (Fsp3) is 0.0526. The number of pyridine rings is 1. The quantitative estimate of drug-likeness (QED) is 0.429. The Hall–Kier alpha value is -3.78. The van der Waals surface area contributed by atoms with Crippen molar-refractivity contribution in [3.8, 4) is 11.4 Å². The van der Waals surface area contributed by atoms with Gasteiger partial charge in [0.15, 0.2) is 0 Å². The Balaban J connectivity index is 1.67. The molecular formula is C19H16N6O2. The van der Waals surface area contributed by atoms with Crippen molar-refractivity contribution in [2.45, 2.75) is 0 Å². The molecule has 0 bridgehead atoms. The highest BCUT2D eigenvalue weighted by atomic mass is 16.5. The Bertz CT molecular complexity index is 1110. The van der Waals surface area contributed by atoms with Gasteiger partial charge in [0.1, 0.15) is 5.65 Å². The lowest BCUT2D eigenvalue weighted by molar-refractivity contribution is 0.0706. The van der Waals surface area contributed by atoms with Crippen molar-refractivity contribution in [1.82, 2.24) is 24.8 Å². The van der Waals surface area contributed by atoms with Crippen molar-refractivity contribution in [2.75, 3.05) is 11.9 Å². The molecule has 0 saturated carbocycles. The molecule has 1 amide bonds. The van der Waals surface area contributed by atoms with Crippen LogP contribution in [0.1, 0.15) is 10.4 Å². The molecule has 134 valence electrons. The van der Waals surface area contributed by atoms with Crippen molar-refractivity contribution in [2.24, 2.45) is 0 Å². The summed E-state index contributed by atoms with van der Waals surface area (Å²) >= 11 is 0. The van der Waals surface area contributed by atoms with Crippen LogP contribution in [0.4, 0.5) is 11.6 Å². The van der Waals surface area contributed by atoms with E-state index in [0.29, 0.717) is 11.5 Å². The van der Waals surface area contributed by atoms with E-state index in [1.807, 2.05) is 46.8 Å². The molecule has 0 aliphatic rings. The minimum atomic E-state index is -0.560. The van der Waals surface area contributed by atoms with Gasteiger partial charge in [0.2, 0.25) is 5.95 Å². The number of fused-ring (bicyclic) bond motifs is 1. The highest BCUT2D eigenvalue weighted by Gasteiger charge is 2.12. The van der Waals surface area contributed by atoms with Crippen molar-refractivity contribution in [3.05, 3.63) is 72.7 Å². The fourth-order valence-electron chi connectivity index (χ4n) is 2.79. The topological polar surface area (TPSA) is 95.7 Å². The molecule has 3 heterocycles. The average Bonchev–Trinajstić information content (AvgIpc) is 3.17. The Morgan fingerprint density at radius 1 is 1.11 bits per heavy atom. The number of hydrogen-bond donors (Lipinski definition) is 2. The number of benzene rings is 1. The van der Waals surface area contributed by atoms with E-state index in [1.54, 1.807) is 42.1 Å². The third kappa shape index (κ3) is 3.09. The van der Waals surface area contributed by atoms with Crippen LogP contribution in [0.5, 0.6) is 0 Å². The van der Waals surface area contributed by atoms with Crippen molar-refractivity contribution in [3.63, 3.8) is 0 Å². The number of nitrogens with zero attached hydrogens (tertiary/aromatic N) is 5. The standard InChI is InChI=1S/C19H16N6O2/c1-24(14-7-5-13(6-8-14)18(26)23-27)19-20-10-9-15(22-19)16-12-21-17-4-2-3-11-25(16)17/h2-12,27H,1H3,(H,23,26). The maximum absolute atomic E-state index is 11.4. The minimum absolute atomic E-state index is 0.357. The number of anilines is 2. The van der Waals surface area contributed by atoms with E-state index in [9.17, 15) is 4.79 Å². The molecule has 0 aliphatic heterocycles. The number of nitrogens with one attached hydrogen (secondary N) is 1. The van der Waals surface area contributed by atoms with Crippen LogP contribution in [-0.2, 0) is 0 Å². The van der Waals surface area contributed by atoms with Gasteiger partial charge in [-0.1, -0.05) is 6.07 Å². The molecular weight excluding hydrogens is 344 g/mol. The summed E-state index contributed by atoms with van der Waals surface area (Å²) in [5, 5.41) is 8.70. The summed E-state index contributed by atoms with van der Waals surface area (Å²) in [6, 6.07) is 14.4. The Morgan fingerprint density at radius 3 is 2.70 bits per heavy atom. The Morgan fingerprint density at radius 2 is 1.93 bits per heavy atom. The van der Waals surface area contributed by atoms with E-state index < -0.39 is 5.91 Å². The summed E-state index contributed by atoms with van der Waals surface area (Å²) < 4.78 is 1.97. The molecule has 4 rings (SSSR count). The van der Waals surface area contributed by atoms with E-state index in [4.69, 9.17) is 5.21 Å². The molecule has 1 aromatic carbocycles. The van der Waals surface area contributed by atoms with E-state index in [-0.39, 0.29) is 0 Å². The van der Waals surface area contributed by atoms with E-state index in [2.05, 4.69) is 15.0 Å². The van der Waals surface area contributed by atoms with Crippen molar-refractivity contribution < 1.29 is 10.0 Å². The number of imidazole rings is 1. The number of hydroxylamine groups is 1. The van der Waals surface area contributed by atoms with Crippen LogP contribution in [0.25, 0.3) is 17.0 Å². The van der Waals surface area contributed by atoms with Crippen LogP contribution in [0, 0.1) is 0 Å². The molecule has 4 aromatic rings. The second-order valence-corrected chi connectivity index (χ2v) is 5.86. The highest BCUT2D eigenvalue weighted by molar-refractivity contribution is 5.93. The largest absolute Gasteiger partial charge is 0.314 e. The van der Waals surface area contributed by atoms with E-state index in [0.717, 1.165) is 22.7 Å². The number of carbonyl (C=O) groups is 1. The molecule has 0 unspecified atom stereocenters. The molecule has 27 heavy (non-hydrogen) atoms. The summed E-state index contributed by atoms with van der Waals surface area (Å²) in [6.45, 7) is 0. The van der Waals surface area contributed by atoms with Gasteiger partial charge < -0.3 is 4.90 Å². The number of hydrogen-bond acceptors (Lipinski definition) is 6. The third-order valence-corrected chi connectivity index (χ3v) is 4.24. The SMILES string of the molecule is CN(c1ccc(C(=O)NO)cc1)c1nccc(-c2cnc3ccccn23)n1. The molecule has 0 radical (unpaired) electrons. The summed E-state index contributed by atoms with van der Waals surface area (Å²) in [4.78, 5) is 26.6. The highest BCUT2D eigenvalue weighted by Crippen LogP contribution is 2.24. The van der Waals surface area contributed by atoms with Crippen LogP contribution in [-0.4, -0.2) is 37.5 Å². The van der Waals surface area contributed by atoms with Crippen LogP contribution < -0.4 is 10.4 Å². The van der Waals surface area contributed by atoms with Gasteiger partial charge in [0.05, 0.1) is 17.6 Å². The predicted octanol–water partition coefficient (Wildman–Crippen LogP) is 2.68. The van der Waals surface area contributed by atoms with Crippen molar-refractivity contribution in [1.29, 1.82) is 0 Å². The molecule has 0 fully saturated rings. The van der Waals surface area contributed by atoms with Gasteiger partial charge in [0.25, 0.3) is 5.91 Å². The Labute approximate surface area is 154 Å². The van der Waals surface area contributed by atoms with Crippen LogP contribution in [0.2, 0.25) is 0 Å². The zero-order valence-electron chi connectivity index (χ0n) is 14.4. The number of rotatable bonds is 4. The lowest BCUT2D eigenvalue weighted by Crippen LogP contribution is -2.19. The zero-order chi connectivity index (χ0) is 18.8. The number of aromatic nitrogens is 4. The molecule has 0 atom stereocenters. The maximum atomic E-state index is 11.4.